The van der Waals surface area contributed by atoms with E-state index in [9.17, 15) is 14.0 Å². The number of hydrogen-bond acceptors (Lipinski definition) is 3. The number of rotatable bonds is 3. The van der Waals surface area contributed by atoms with Gasteiger partial charge in [0.1, 0.15) is 12.4 Å². The Morgan fingerprint density at radius 1 is 1.47 bits per heavy atom. The zero-order valence-electron chi connectivity index (χ0n) is 9.37. The predicted molar refractivity (Wildman–Crippen MR) is 60.4 cm³/mol. The highest BCUT2D eigenvalue weighted by Gasteiger charge is 2.19. The van der Waals surface area contributed by atoms with Gasteiger partial charge in [-0.2, -0.15) is 0 Å². The molecule has 0 bridgehead atoms. The quantitative estimate of drug-likeness (QED) is 0.777. The fraction of sp³-hybridized carbons (Fsp3) is 0.273. The molecule has 4 nitrogen and oxygen atoms in total. The van der Waals surface area contributed by atoms with Gasteiger partial charge in [0.2, 0.25) is 0 Å². The van der Waals surface area contributed by atoms with Crippen molar-refractivity contribution in [2.24, 2.45) is 0 Å². The molecule has 0 spiro atoms. The van der Waals surface area contributed by atoms with E-state index in [1.54, 1.807) is 0 Å². The lowest BCUT2D eigenvalue weighted by atomic mass is 10.2. The van der Waals surface area contributed by atoms with Crippen molar-refractivity contribution in [3.63, 3.8) is 0 Å². The van der Waals surface area contributed by atoms with E-state index >= 15 is 0 Å². The van der Waals surface area contributed by atoms with Gasteiger partial charge in [0.15, 0.2) is 0 Å². The van der Waals surface area contributed by atoms with Crippen LogP contribution in [0.15, 0.2) is 18.2 Å². The third-order valence-electron chi connectivity index (χ3n) is 2.12. The molecule has 0 aliphatic rings. The van der Waals surface area contributed by atoms with Gasteiger partial charge in [-0.05, 0) is 12.1 Å². The third-order valence-corrected chi connectivity index (χ3v) is 2.51. The van der Waals surface area contributed by atoms with E-state index in [4.69, 9.17) is 11.6 Å². The van der Waals surface area contributed by atoms with E-state index in [0.29, 0.717) is 0 Å². The molecule has 1 aromatic carbocycles. The molecule has 17 heavy (non-hydrogen) atoms. The molecule has 0 radical (unpaired) electrons. The number of ether oxygens (including phenoxy) is 1. The summed E-state index contributed by atoms with van der Waals surface area (Å²) in [4.78, 5) is 23.9. The SMILES string of the molecule is COC(=O)CN(C)C(=O)c1cccc(F)c1Cl. The van der Waals surface area contributed by atoms with E-state index in [2.05, 4.69) is 4.74 Å². The summed E-state index contributed by atoms with van der Waals surface area (Å²) in [5.74, 6) is -1.78. The van der Waals surface area contributed by atoms with Crippen LogP contribution < -0.4 is 0 Å². The molecular formula is C11H11ClFNO3. The average molecular weight is 260 g/mol. The Kier molecular flexibility index (Phi) is 4.45. The maximum Gasteiger partial charge on any atom is 0.325 e. The number of halogens is 2. The van der Waals surface area contributed by atoms with Crippen LogP contribution in [0.5, 0.6) is 0 Å². The minimum atomic E-state index is -0.677. The van der Waals surface area contributed by atoms with Gasteiger partial charge < -0.3 is 9.64 Å². The molecule has 1 amide bonds. The first kappa shape index (κ1) is 13.4. The van der Waals surface area contributed by atoms with Crippen molar-refractivity contribution in [1.29, 1.82) is 0 Å². The molecule has 1 rings (SSSR count). The summed E-state index contributed by atoms with van der Waals surface area (Å²) in [6.45, 7) is -0.220. The van der Waals surface area contributed by atoms with Crippen molar-refractivity contribution >= 4 is 23.5 Å². The molecule has 1 aromatic rings. The number of benzene rings is 1. The Morgan fingerprint density at radius 3 is 2.71 bits per heavy atom. The topological polar surface area (TPSA) is 46.6 Å². The van der Waals surface area contributed by atoms with Gasteiger partial charge in [0, 0.05) is 7.05 Å². The van der Waals surface area contributed by atoms with Gasteiger partial charge in [0.05, 0.1) is 17.7 Å². The molecule has 0 unspecified atom stereocenters. The highest BCUT2D eigenvalue weighted by atomic mass is 35.5. The van der Waals surface area contributed by atoms with Gasteiger partial charge in [0.25, 0.3) is 5.91 Å². The second-order valence-electron chi connectivity index (χ2n) is 3.34. The number of hydrogen-bond donors (Lipinski definition) is 0. The fourth-order valence-corrected chi connectivity index (χ4v) is 1.41. The van der Waals surface area contributed by atoms with Crippen molar-refractivity contribution in [2.45, 2.75) is 0 Å². The van der Waals surface area contributed by atoms with Crippen LogP contribution in [-0.4, -0.2) is 37.5 Å². The second-order valence-corrected chi connectivity index (χ2v) is 3.72. The van der Waals surface area contributed by atoms with Gasteiger partial charge in [-0.25, -0.2) is 4.39 Å². The van der Waals surface area contributed by atoms with Crippen molar-refractivity contribution in [3.05, 3.63) is 34.6 Å². The first-order valence-corrected chi connectivity index (χ1v) is 5.11. The van der Waals surface area contributed by atoms with E-state index in [1.807, 2.05) is 0 Å². The van der Waals surface area contributed by atoms with Crippen LogP contribution in [0.4, 0.5) is 4.39 Å². The zero-order valence-corrected chi connectivity index (χ0v) is 10.1. The maximum absolute atomic E-state index is 13.1. The van der Waals surface area contributed by atoms with Gasteiger partial charge in [-0.15, -0.1) is 0 Å². The predicted octanol–water partition coefficient (Wildman–Crippen LogP) is 1.72. The monoisotopic (exact) mass is 259 g/mol. The Bertz CT molecular complexity index is 450. The maximum atomic E-state index is 13.1. The van der Waals surface area contributed by atoms with Crippen molar-refractivity contribution < 1.29 is 18.7 Å². The molecule has 0 fully saturated rings. The van der Waals surface area contributed by atoms with Crippen molar-refractivity contribution in [3.8, 4) is 0 Å². The molecule has 6 heteroatoms. The fourth-order valence-electron chi connectivity index (χ4n) is 1.20. The Hall–Kier alpha value is -1.62. The van der Waals surface area contributed by atoms with E-state index in [1.165, 1.54) is 26.3 Å². The first-order chi connectivity index (χ1) is 7.97. The van der Waals surface area contributed by atoms with Gasteiger partial charge in [-0.3, -0.25) is 9.59 Å². The van der Waals surface area contributed by atoms with Gasteiger partial charge >= 0.3 is 5.97 Å². The smallest absolute Gasteiger partial charge is 0.325 e. The lowest BCUT2D eigenvalue weighted by Gasteiger charge is -2.16. The lowest BCUT2D eigenvalue weighted by molar-refractivity contribution is -0.141. The highest BCUT2D eigenvalue weighted by Crippen LogP contribution is 2.20. The van der Waals surface area contributed by atoms with Crippen LogP contribution in [0.1, 0.15) is 10.4 Å². The molecule has 0 aromatic heterocycles. The van der Waals surface area contributed by atoms with Crippen LogP contribution in [0, 0.1) is 5.82 Å². The minimum absolute atomic E-state index is 0.0121. The first-order valence-electron chi connectivity index (χ1n) is 4.73. The molecular weight excluding hydrogens is 249 g/mol. The van der Waals surface area contributed by atoms with E-state index < -0.39 is 17.7 Å². The number of esters is 1. The summed E-state index contributed by atoms with van der Waals surface area (Å²) >= 11 is 5.66. The molecule has 0 heterocycles. The lowest BCUT2D eigenvalue weighted by Crippen LogP contribution is -2.32. The molecule has 0 atom stereocenters. The summed E-state index contributed by atoms with van der Waals surface area (Å²) in [5, 5.41) is -0.255. The molecule has 0 aliphatic carbocycles. The third kappa shape index (κ3) is 3.17. The summed E-state index contributed by atoms with van der Waals surface area (Å²) in [6, 6.07) is 3.92. The Balaban J connectivity index is 2.89. The summed E-state index contributed by atoms with van der Waals surface area (Å²) in [5.41, 5.74) is 0.0121. The van der Waals surface area contributed by atoms with Crippen LogP contribution in [0.2, 0.25) is 5.02 Å². The zero-order chi connectivity index (χ0) is 13.0. The largest absolute Gasteiger partial charge is 0.468 e. The Labute approximate surface area is 103 Å². The molecule has 0 N–H and O–H groups in total. The summed E-state index contributed by atoms with van der Waals surface area (Å²) in [6.07, 6.45) is 0. The molecule has 0 saturated heterocycles. The van der Waals surface area contributed by atoms with E-state index in [0.717, 1.165) is 11.0 Å². The number of carbonyl (C=O) groups excluding carboxylic acids is 2. The standard InChI is InChI=1S/C11H11ClFNO3/c1-14(6-9(15)17-2)11(16)7-4-3-5-8(13)10(7)12/h3-5H,6H2,1-2H3. The van der Waals surface area contributed by atoms with Crippen LogP contribution >= 0.6 is 11.6 Å². The van der Waals surface area contributed by atoms with Crippen molar-refractivity contribution in [1.82, 2.24) is 4.90 Å². The molecule has 0 saturated carbocycles. The normalized spacial score (nSPS) is 9.88. The van der Waals surface area contributed by atoms with Crippen LogP contribution in [-0.2, 0) is 9.53 Å². The average Bonchev–Trinajstić information content (AvgIpc) is 2.31. The van der Waals surface area contributed by atoms with Crippen molar-refractivity contribution in [2.75, 3.05) is 20.7 Å². The van der Waals surface area contributed by atoms with Gasteiger partial charge in [-0.1, -0.05) is 17.7 Å². The molecule has 0 aliphatic heterocycles. The van der Waals surface area contributed by atoms with Crippen LogP contribution in [0.3, 0.4) is 0 Å². The Morgan fingerprint density at radius 2 is 2.12 bits per heavy atom. The highest BCUT2D eigenvalue weighted by molar-refractivity contribution is 6.34. The number of likely N-dealkylation sites (N-methyl/N-ethyl adjacent to an activating group) is 1. The number of nitrogens with zero attached hydrogens (tertiary/aromatic N) is 1. The number of carbonyl (C=O) groups is 2. The summed E-state index contributed by atoms with van der Waals surface area (Å²) < 4.78 is 17.6. The van der Waals surface area contributed by atoms with Crippen LogP contribution in [0.25, 0.3) is 0 Å². The van der Waals surface area contributed by atoms with E-state index in [-0.39, 0.29) is 17.1 Å². The minimum Gasteiger partial charge on any atom is -0.468 e. The number of methoxy groups -OCH3 is 1. The molecule has 92 valence electrons. The number of amides is 1. The second kappa shape index (κ2) is 5.63. The summed E-state index contributed by atoms with van der Waals surface area (Å²) in [7, 11) is 2.62.